The first kappa shape index (κ1) is 25.2. The van der Waals surface area contributed by atoms with Gasteiger partial charge in [0.25, 0.3) is 5.91 Å². The Morgan fingerprint density at radius 3 is 2.45 bits per heavy atom. The highest BCUT2D eigenvalue weighted by atomic mass is 79.9. The van der Waals surface area contributed by atoms with Crippen molar-refractivity contribution in [3.63, 3.8) is 0 Å². The summed E-state index contributed by atoms with van der Waals surface area (Å²) in [5.74, 6) is 0.0411. The molecule has 0 unspecified atom stereocenters. The number of hydrogen-bond acceptors (Lipinski definition) is 3. The van der Waals surface area contributed by atoms with Crippen molar-refractivity contribution in [3.8, 4) is 5.75 Å². The van der Waals surface area contributed by atoms with E-state index >= 15 is 0 Å². The molecular weight excluding hydrogens is 480 g/mol. The topological polar surface area (TPSA) is 58.6 Å². The van der Waals surface area contributed by atoms with Gasteiger partial charge in [0, 0.05) is 17.1 Å². The summed E-state index contributed by atoms with van der Waals surface area (Å²) in [6, 6.07) is 14.6. The predicted molar refractivity (Wildman–Crippen MR) is 128 cm³/mol. The van der Waals surface area contributed by atoms with Gasteiger partial charge in [0.05, 0.1) is 5.02 Å². The third-order valence-electron chi connectivity index (χ3n) is 5.12. The van der Waals surface area contributed by atoms with Gasteiger partial charge in [-0.3, -0.25) is 9.59 Å². The van der Waals surface area contributed by atoms with Crippen molar-refractivity contribution in [2.75, 3.05) is 13.2 Å². The molecule has 0 fully saturated rings. The fraction of sp³-hybridized carbons (Fsp3) is 0.417. The van der Waals surface area contributed by atoms with Crippen LogP contribution in [-0.2, 0) is 16.0 Å². The molecule has 2 amide bonds. The van der Waals surface area contributed by atoms with Crippen LogP contribution in [0.1, 0.15) is 39.2 Å². The van der Waals surface area contributed by atoms with Gasteiger partial charge in [-0.25, -0.2) is 0 Å². The molecule has 2 aromatic rings. The van der Waals surface area contributed by atoms with Gasteiger partial charge < -0.3 is 15.0 Å². The molecule has 7 heteroatoms. The summed E-state index contributed by atoms with van der Waals surface area (Å²) in [6.07, 6.45) is 1.99. The van der Waals surface area contributed by atoms with Gasteiger partial charge in [0.1, 0.15) is 11.8 Å². The van der Waals surface area contributed by atoms with E-state index in [-0.39, 0.29) is 24.5 Å². The molecule has 1 N–H and O–H groups in total. The van der Waals surface area contributed by atoms with Gasteiger partial charge in [-0.2, -0.15) is 0 Å². The number of benzene rings is 2. The van der Waals surface area contributed by atoms with E-state index in [9.17, 15) is 9.59 Å². The van der Waals surface area contributed by atoms with Crippen LogP contribution in [0.2, 0.25) is 5.02 Å². The molecule has 31 heavy (non-hydrogen) atoms. The number of ether oxygens (including phenoxy) is 1. The van der Waals surface area contributed by atoms with E-state index in [2.05, 4.69) is 21.2 Å². The lowest BCUT2D eigenvalue weighted by Crippen LogP contribution is -2.52. The minimum absolute atomic E-state index is 0.0467. The Bertz CT molecular complexity index is 863. The Morgan fingerprint density at radius 1 is 1.13 bits per heavy atom. The second-order valence-electron chi connectivity index (χ2n) is 7.43. The number of rotatable bonds is 11. The Balaban J connectivity index is 2.15. The smallest absolute Gasteiger partial charge is 0.261 e. The highest BCUT2D eigenvalue weighted by Crippen LogP contribution is 2.27. The highest BCUT2D eigenvalue weighted by Gasteiger charge is 2.29. The molecule has 0 radical (unpaired) electrons. The van der Waals surface area contributed by atoms with Crippen molar-refractivity contribution in [1.29, 1.82) is 0 Å². The molecule has 0 spiro atoms. The van der Waals surface area contributed by atoms with Gasteiger partial charge in [-0.15, -0.1) is 0 Å². The van der Waals surface area contributed by atoms with Crippen molar-refractivity contribution in [1.82, 2.24) is 10.2 Å². The maximum atomic E-state index is 13.1. The molecule has 2 atom stereocenters. The van der Waals surface area contributed by atoms with E-state index in [4.69, 9.17) is 16.3 Å². The first-order valence-corrected chi connectivity index (χ1v) is 11.7. The Kier molecular flexibility index (Phi) is 10.3. The average Bonchev–Trinajstić information content (AvgIpc) is 2.76. The lowest BCUT2D eigenvalue weighted by molar-refractivity contribution is -0.142. The van der Waals surface area contributed by atoms with Crippen LogP contribution >= 0.6 is 27.5 Å². The number of hydrogen-bond donors (Lipinski definition) is 1. The molecule has 2 aromatic carbocycles. The molecule has 0 aliphatic rings. The Morgan fingerprint density at radius 2 is 1.84 bits per heavy atom. The quantitative estimate of drug-likeness (QED) is 0.450. The van der Waals surface area contributed by atoms with Crippen molar-refractivity contribution >= 4 is 39.3 Å². The van der Waals surface area contributed by atoms with Crippen molar-refractivity contribution in [2.45, 2.75) is 52.1 Å². The van der Waals surface area contributed by atoms with Crippen LogP contribution in [0.15, 0.2) is 53.0 Å². The predicted octanol–water partition coefficient (Wildman–Crippen LogP) is 5.25. The summed E-state index contributed by atoms with van der Waals surface area (Å²) in [5, 5.41) is 3.42. The van der Waals surface area contributed by atoms with Crippen LogP contribution in [0, 0.1) is 0 Å². The largest absolute Gasteiger partial charge is 0.482 e. The number of amides is 2. The van der Waals surface area contributed by atoms with E-state index in [1.165, 1.54) is 0 Å². The number of halogens is 2. The van der Waals surface area contributed by atoms with Crippen molar-refractivity contribution in [3.05, 3.63) is 63.6 Å². The molecule has 5 nitrogen and oxygen atoms in total. The van der Waals surface area contributed by atoms with Gasteiger partial charge >= 0.3 is 0 Å². The minimum atomic E-state index is -0.561. The second kappa shape index (κ2) is 12.7. The standard InChI is InChI=1S/C24H30BrClN2O3/c1-4-17(3)27-24(30)21(5-2)28(14-13-18-9-7-6-8-10-18)23(29)16-31-22-12-11-19(25)15-20(22)26/h6-12,15,17,21H,4-5,13-14,16H2,1-3H3,(H,27,30)/t17-,21+/m1/s1. The molecular formula is C24H30BrClN2O3. The maximum Gasteiger partial charge on any atom is 0.261 e. The fourth-order valence-electron chi connectivity index (χ4n) is 3.15. The lowest BCUT2D eigenvalue weighted by atomic mass is 10.1. The molecule has 0 aliphatic heterocycles. The zero-order valence-corrected chi connectivity index (χ0v) is 20.6. The SMILES string of the molecule is CC[C@@H](C)NC(=O)[C@H](CC)N(CCc1ccccc1)C(=O)COc1ccc(Br)cc1Cl. The minimum Gasteiger partial charge on any atom is -0.482 e. The van der Waals surface area contributed by atoms with Gasteiger partial charge in [0.15, 0.2) is 6.61 Å². The van der Waals surface area contributed by atoms with Crippen LogP contribution < -0.4 is 10.1 Å². The van der Waals surface area contributed by atoms with Crippen LogP contribution in [0.25, 0.3) is 0 Å². The molecule has 0 aliphatic carbocycles. The molecule has 0 heterocycles. The first-order chi connectivity index (χ1) is 14.8. The number of nitrogens with one attached hydrogen (secondary N) is 1. The zero-order chi connectivity index (χ0) is 22.8. The van der Waals surface area contributed by atoms with Crippen molar-refractivity contribution < 1.29 is 14.3 Å². The number of nitrogens with zero attached hydrogens (tertiary/aromatic N) is 1. The zero-order valence-electron chi connectivity index (χ0n) is 18.2. The van der Waals surface area contributed by atoms with Crippen LogP contribution in [0.3, 0.4) is 0 Å². The molecule has 0 saturated heterocycles. The summed E-state index contributed by atoms with van der Waals surface area (Å²) in [6.45, 7) is 6.12. The van der Waals surface area contributed by atoms with Crippen LogP contribution in [0.4, 0.5) is 0 Å². The van der Waals surface area contributed by atoms with E-state index in [0.29, 0.717) is 30.2 Å². The summed E-state index contributed by atoms with van der Waals surface area (Å²) >= 11 is 9.56. The fourth-order valence-corrected chi connectivity index (χ4v) is 3.88. The van der Waals surface area contributed by atoms with Gasteiger partial charge in [0.2, 0.25) is 5.91 Å². The van der Waals surface area contributed by atoms with E-state index in [1.807, 2.05) is 51.1 Å². The Hall–Kier alpha value is -2.05. The van der Waals surface area contributed by atoms with Crippen LogP contribution in [-0.4, -0.2) is 41.9 Å². The number of carbonyl (C=O) groups excluding carboxylic acids is 2. The summed E-state index contributed by atoms with van der Waals surface area (Å²) < 4.78 is 6.51. The summed E-state index contributed by atoms with van der Waals surface area (Å²) in [4.78, 5) is 27.7. The lowest BCUT2D eigenvalue weighted by Gasteiger charge is -2.31. The van der Waals surface area contributed by atoms with Crippen molar-refractivity contribution in [2.24, 2.45) is 0 Å². The third-order valence-corrected chi connectivity index (χ3v) is 5.90. The number of carbonyl (C=O) groups is 2. The normalized spacial score (nSPS) is 12.7. The van der Waals surface area contributed by atoms with Gasteiger partial charge in [-0.1, -0.05) is 71.7 Å². The van der Waals surface area contributed by atoms with E-state index in [1.54, 1.807) is 23.1 Å². The monoisotopic (exact) mass is 508 g/mol. The van der Waals surface area contributed by atoms with E-state index < -0.39 is 6.04 Å². The summed E-state index contributed by atoms with van der Waals surface area (Å²) in [7, 11) is 0. The average molecular weight is 510 g/mol. The maximum absolute atomic E-state index is 13.1. The highest BCUT2D eigenvalue weighted by molar-refractivity contribution is 9.10. The second-order valence-corrected chi connectivity index (χ2v) is 8.75. The Labute approximate surface area is 198 Å². The molecule has 0 bridgehead atoms. The first-order valence-electron chi connectivity index (χ1n) is 10.6. The molecule has 168 valence electrons. The molecule has 0 aromatic heterocycles. The van der Waals surface area contributed by atoms with E-state index in [0.717, 1.165) is 16.5 Å². The van der Waals surface area contributed by atoms with Crippen LogP contribution in [0.5, 0.6) is 5.75 Å². The summed E-state index contributed by atoms with van der Waals surface area (Å²) in [5.41, 5.74) is 1.11. The van der Waals surface area contributed by atoms with Gasteiger partial charge in [-0.05, 0) is 49.9 Å². The molecule has 2 rings (SSSR count). The third kappa shape index (κ3) is 7.86. The molecule has 0 saturated carbocycles.